The van der Waals surface area contributed by atoms with Crippen molar-refractivity contribution < 1.29 is 13.5 Å². The van der Waals surface area contributed by atoms with Gasteiger partial charge in [-0.1, -0.05) is 15.9 Å². The number of sulfone groups is 1. The zero-order chi connectivity index (χ0) is 14.0. The molecule has 0 bridgehead atoms. The number of hydrogen-bond acceptors (Lipinski definition) is 4. The lowest BCUT2D eigenvalue weighted by atomic mass is 10.1. The lowest BCUT2D eigenvalue weighted by molar-refractivity contribution is 0.224. The van der Waals surface area contributed by atoms with E-state index in [9.17, 15) is 13.5 Å². The van der Waals surface area contributed by atoms with Crippen LogP contribution in [-0.2, 0) is 9.84 Å². The first kappa shape index (κ1) is 14.8. The Morgan fingerprint density at radius 3 is 2.79 bits per heavy atom. The maximum Gasteiger partial charge on any atom is 0.151 e. The summed E-state index contributed by atoms with van der Waals surface area (Å²) in [4.78, 5) is 2.12. The van der Waals surface area contributed by atoms with E-state index >= 15 is 0 Å². The number of benzene rings is 1. The average molecular weight is 348 g/mol. The van der Waals surface area contributed by atoms with Gasteiger partial charge >= 0.3 is 0 Å². The molecule has 0 saturated carbocycles. The van der Waals surface area contributed by atoms with Crippen molar-refractivity contribution in [2.75, 3.05) is 24.6 Å². The Labute approximate surface area is 122 Å². The fourth-order valence-corrected chi connectivity index (χ4v) is 4.07. The summed E-state index contributed by atoms with van der Waals surface area (Å²) in [5.74, 6) is 0.718. The van der Waals surface area contributed by atoms with E-state index in [0.29, 0.717) is 13.0 Å². The minimum atomic E-state index is -2.90. The smallest absolute Gasteiger partial charge is 0.151 e. The van der Waals surface area contributed by atoms with Gasteiger partial charge in [0.05, 0.1) is 11.5 Å². The second-order valence-corrected chi connectivity index (χ2v) is 8.14. The van der Waals surface area contributed by atoms with Crippen molar-refractivity contribution in [1.82, 2.24) is 4.90 Å². The molecule has 1 aromatic rings. The number of phenolic OH excluding ortho intramolecular Hbond substituents is 1. The zero-order valence-corrected chi connectivity index (χ0v) is 13.2. The fraction of sp³-hybridized carbons (Fsp3) is 0.538. The third-order valence-electron chi connectivity index (χ3n) is 3.58. The minimum Gasteiger partial charge on any atom is -0.508 e. The highest BCUT2D eigenvalue weighted by atomic mass is 79.9. The van der Waals surface area contributed by atoms with Crippen molar-refractivity contribution in [1.29, 1.82) is 0 Å². The highest BCUT2D eigenvalue weighted by Crippen LogP contribution is 2.31. The lowest BCUT2D eigenvalue weighted by Crippen LogP contribution is -2.30. The van der Waals surface area contributed by atoms with Crippen LogP contribution >= 0.6 is 15.9 Å². The summed E-state index contributed by atoms with van der Waals surface area (Å²) in [7, 11) is -2.90. The summed E-state index contributed by atoms with van der Waals surface area (Å²) in [6.07, 6.45) is 0.654. The number of aromatic hydroxyl groups is 1. The summed E-state index contributed by atoms with van der Waals surface area (Å²) in [5, 5.41) is 9.94. The van der Waals surface area contributed by atoms with E-state index in [1.54, 1.807) is 12.1 Å². The van der Waals surface area contributed by atoms with Crippen LogP contribution < -0.4 is 0 Å². The number of rotatable bonds is 2. The van der Waals surface area contributed by atoms with E-state index in [0.717, 1.165) is 16.6 Å². The molecule has 19 heavy (non-hydrogen) atoms. The van der Waals surface area contributed by atoms with Crippen LogP contribution in [0.3, 0.4) is 0 Å². The molecule has 0 radical (unpaired) electrons. The Balaban J connectivity index is 2.19. The largest absolute Gasteiger partial charge is 0.508 e. The van der Waals surface area contributed by atoms with Gasteiger partial charge in [-0.05, 0) is 38.1 Å². The zero-order valence-electron chi connectivity index (χ0n) is 10.8. The Hall–Kier alpha value is -0.590. The third kappa shape index (κ3) is 3.70. The Morgan fingerprint density at radius 1 is 1.32 bits per heavy atom. The highest BCUT2D eigenvalue weighted by Gasteiger charge is 2.24. The van der Waals surface area contributed by atoms with Gasteiger partial charge in [-0.3, -0.25) is 4.90 Å². The number of nitrogens with zero attached hydrogens (tertiary/aromatic N) is 1. The van der Waals surface area contributed by atoms with Crippen LogP contribution in [0.4, 0.5) is 0 Å². The van der Waals surface area contributed by atoms with Gasteiger partial charge in [-0.2, -0.15) is 0 Å². The van der Waals surface area contributed by atoms with Gasteiger partial charge in [0.1, 0.15) is 5.75 Å². The molecule has 1 atom stereocenters. The molecule has 1 saturated heterocycles. The molecular formula is C13H18BrNO3S. The van der Waals surface area contributed by atoms with Gasteiger partial charge in [-0.25, -0.2) is 8.42 Å². The lowest BCUT2D eigenvalue weighted by Gasteiger charge is -2.28. The van der Waals surface area contributed by atoms with Crippen LogP contribution in [0.15, 0.2) is 22.7 Å². The fourth-order valence-electron chi connectivity index (χ4n) is 2.40. The first-order chi connectivity index (χ1) is 8.89. The number of halogens is 1. The molecule has 4 nitrogen and oxygen atoms in total. The Kier molecular flexibility index (Phi) is 4.53. The summed E-state index contributed by atoms with van der Waals surface area (Å²) >= 11 is 3.40. The van der Waals surface area contributed by atoms with Gasteiger partial charge in [0.15, 0.2) is 9.84 Å². The summed E-state index contributed by atoms with van der Waals surface area (Å²) in [6.45, 7) is 3.27. The second kappa shape index (κ2) is 5.81. The molecule has 1 N–H and O–H groups in total. The maximum absolute atomic E-state index is 11.6. The van der Waals surface area contributed by atoms with E-state index in [1.807, 2.05) is 13.0 Å². The summed E-state index contributed by atoms with van der Waals surface area (Å²) in [6, 6.07) is 5.34. The standard InChI is InChI=1S/C13H18BrNO3S/c1-10(12-9-11(14)3-4-13(12)16)15-5-2-7-19(17,18)8-6-15/h3-4,9-10,16H,2,5-8H2,1H3. The second-order valence-electron chi connectivity index (χ2n) is 4.92. The molecule has 1 fully saturated rings. The first-order valence-electron chi connectivity index (χ1n) is 6.32. The molecule has 1 unspecified atom stereocenters. The van der Waals surface area contributed by atoms with Crippen molar-refractivity contribution >= 4 is 25.8 Å². The SMILES string of the molecule is CC(c1cc(Br)ccc1O)N1CCCS(=O)(=O)CC1. The van der Waals surface area contributed by atoms with Gasteiger partial charge in [0.2, 0.25) is 0 Å². The van der Waals surface area contributed by atoms with Crippen LogP contribution in [0.2, 0.25) is 0 Å². The topological polar surface area (TPSA) is 57.6 Å². The quantitative estimate of drug-likeness (QED) is 0.891. The van der Waals surface area contributed by atoms with Gasteiger partial charge < -0.3 is 5.11 Å². The van der Waals surface area contributed by atoms with Crippen LogP contribution in [0, 0.1) is 0 Å². The molecule has 1 aliphatic heterocycles. The molecule has 1 heterocycles. The van der Waals surface area contributed by atoms with Crippen LogP contribution in [0.1, 0.15) is 24.9 Å². The van der Waals surface area contributed by atoms with Crippen molar-refractivity contribution in [3.05, 3.63) is 28.2 Å². The molecule has 0 aliphatic carbocycles. The van der Waals surface area contributed by atoms with E-state index < -0.39 is 9.84 Å². The number of phenols is 1. The van der Waals surface area contributed by atoms with E-state index in [1.165, 1.54) is 0 Å². The van der Waals surface area contributed by atoms with E-state index in [2.05, 4.69) is 20.8 Å². The molecule has 0 amide bonds. The van der Waals surface area contributed by atoms with E-state index in [-0.39, 0.29) is 23.3 Å². The molecule has 1 aliphatic rings. The summed E-state index contributed by atoms with van der Waals surface area (Å²) < 4.78 is 24.1. The van der Waals surface area contributed by atoms with Gasteiger partial charge in [0.25, 0.3) is 0 Å². The molecular weight excluding hydrogens is 330 g/mol. The van der Waals surface area contributed by atoms with Gasteiger partial charge in [0, 0.05) is 22.6 Å². The van der Waals surface area contributed by atoms with Gasteiger partial charge in [-0.15, -0.1) is 0 Å². The molecule has 0 aromatic heterocycles. The molecule has 2 rings (SSSR count). The monoisotopic (exact) mass is 347 g/mol. The Bertz CT molecular complexity index is 559. The normalized spacial score (nSPS) is 21.8. The predicted molar refractivity (Wildman–Crippen MR) is 79.1 cm³/mol. The van der Waals surface area contributed by atoms with Crippen molar-refractivity contribution in [2.24, 2.45) is 0 Å². The highest BCUT2D eigenvalue weighted by molar-refractivity contribution is 9.10. The maximum atomic E-state index is 11.6. The van der Waals surface area contributed by atoms with Crippen LogP contribution in [0.25, 0.3) is 0 Å². The third-order valence-corrected chi connectivity index (χ3v) is 5.79. The molecule has 6 heteroatoms. The average Bonchev–Trinajstić information content (AvgIpc) is 2.52. The van der Waals surface area contributed by atoms with E-state index in [4.69, 9.17) is 0 Å². The summed E-state index contributed by atoms with van der Waals surface area (Å²) in [5.41, 5.74) is 0.827. The molecule has 1 aromatic carbocycles. The molecule has 0 spiro atoms. The van der Waals surface area contributed by atoms with Crippen molar-refractivity contribution in [2.45, 2.75) is 19.4 Å². The predicted octanol–water partition coefficient (Wildman–Crippen LogP) is 2.34. The molecule has 106 valence electrons. The Morgan fingerprint density at radius 2 is 2.05 bits per heavy atom. The van der Waals surface area contributed by atoms with Crippen LogP contribution in [0.5, 0.6) is 5.75 Å². The van der Waals surface area contributed by atoms with Crippen LogP contribution in [-0.4, -0.2) is 43.0 Å². The van der Waals surface area contributed by atoms with Crippen molar-refractivity contribution in [3.8, 4) is 5.75 Å². The first-order valence-corrected chi connectivity index (χ1v) is 8.93. The van der Waals surface area contributed by atoms with Crippen molar-refractivity contribution in [3.63, 3.8) is 0 Å². The minimum absolute atomic E-state index is 0.00537. The number of hydrogen-bond donors (Lipinski definition) is 1.